The Bertz CT molecular complexity index is 471. The van der Waals surface area contributed by atoms with Crippen LogP contribution in [0.3, 0.4) is 0 Å². The Morgan fingerprint density at radius 2 is 1.73 bits per heavy atom. The fourth-order valence-corrected chi connectivity index (χ4v) is 1.06. The topological polar surface area (TPSA) is 90.7 Å². The average molecular weight is 197 g/mol. The third-order valence-corrected chi connectivity index (χ3v) is 1.65. The standard InChI is InChI=1S/C11H7N3O/c12-6-9-3-8(1-2-11(14)15)4-10(5-9)7-13/h1-5H,(H2,14,15). The van der Waals surface area contributed by atoms with Crippen LogP contribution in [-0.2, 0) is 4.79 Å². The summed E-state index contributed by atoms with van der Waals surface area (Å²) in [7, 11) is 0. The van der Waals surface area contributed by atoms with Gasteiger partial charge in [0.1, 0.15) is 0 Å². The van der Waals surface area contributed by atoms with Gasteiger partial charge in [0.2, 0.25) is 5.91 Å². The monoisotopic (exact) mass is 197 g/mol. The van der Waals surface area contributed by atoms with Crippen LogP contribution in [0.1, 0.15) is 16.7 Å². The Kier molecular flexibility index (Phi) is 3.21. The summed E-state index contributed by atoms with van der Waals surface area (Å²) in [5.74, 6) is -0.573. The predicted octanol–water partition coefficient (Wildman–Crippen LogP) is 0.928. The van der Waals surface area contributed by atoms with Gasteiger partial charge in [0.15, 0.2) is 0 Å². The van der Waals surface area contributed by atoms with Crippen molar-refractivity contribution < 1.29 is 4.79 Å². The van der Waals surface area contributed by atoms with Crippen molar-refractivity contribution in [1.82, 2.24) is 0 Å². The first-order valence-electron chi connectivity index (χ1n) is 4.08. The van der Waals surface area contributed by atoms with Crippen molar-refractivity contribution in [3.63, 3.8) is 0 Å². The first-order valence-corrected chi connectivity index (χ1v) is 4.08. The largest absolute Gasteiger partial charge is 0.366 e. The number of carbonyl (C=O) groups excluding carboxylic acids is 1. The smallest absolute Gasteiger partial charge is 0.241 e. The van der Waals surface area contributed by atoms with Gasteiger partial charge in [-0.05, 0) is 29.8 Å². The molecule has 0 atom stereocenters. The lowest BCUT2D eigenvalue weighted by Crippen LogP contribution is -2.05. The van der Waals surface area contributed by atoms with E-state index in [9.17, 15) is 4.79 Å². The Morgan fingerprint density at radius 1 is 1.20 bits per heavy atom. The van der Waals surface area contributed by atoms with Crippen LogP contribution in [0, 0.1) is 22.7 Å². The summed E-state index contributed by atoms with van der Waals surface area (Å²) in [5.41, 5.74) is 6.27. The minimum Gasteiger partial charge on any atom is -0.366 e. The highest BCUT2D eigenvalue weighted by Gasteiger charge is 1.98. The van der Waals surface area contributed by atoms with Crippen LogP contribution in [0.4, 0.5) is 0 Å². The number of nitrogens with zero attached hydrogens (tertiary/aromatic N) is 2. The van der Waals surface area contributed by atoms with Crippen LogP contribution in [0.5, 0.6) is 0 Å². The molecule has 0 spiro atoms. The molecule has 0 unspecified atom stereocenters. The van der Waals surface area contributed by atoms with Crippen LogP contribution < -0.4 is 5.73 Å². The lowest BCUT2D eigenvalue weighted by atomic mass is 10.1. The molecule has 4 heteroatoms. The van der Waals surface area contributed by atoms with Gasteiger partial charge in [-0.15, -0.1) is 0 Å². The zero-order chi connectivity index (χ0) is 11.3. The third-order valence-electron chi connectivity index (χ3n) is 1.65. The molecule has 0 fully saturated rings. The van der Waals surface area contributed by atoms with Crippen molar-refractivity contribution >= 4 is 12.0 Å². The molecule has 0 aliphatic heterocycles. The van der Waals surface area contributed by atoms with Crippen molar-refractivity contribution in [3.8, 4) is 12.1 Å². The van der Waals surface area contributed by atoms with Crippen LogP contribution in [0.25, 0.3) is 6.08 Å². The van der Waals surface area contributed by atoms with E-state index in [2.05, 4.69) is 0 Å². The lowest BCUT2D eigenvalue weighted by molar-refractivity contribution is -0.113. The maximum atomic E-state index is 10.5. The lowest BCUT2D eigenvalue weighted by Gasteiger charge is -1.95. The number of nitrogens with two attached hydrogens (primary N) is 1. The number of amides is 1. The number of hydrogen-bond acceptors (Lipinski definition) is 3. The quantitative estimate of drug-likeness (QED) is 0.715. The van der Waals surface area contributed by atoms with Gasteiger partial charge in [0.05, 0.1) is 23.3 Å². The summed E-state index contributed by atoms with van der Waals surface area (Å²) in [6.07, 6.45) is 2.64. The predicted molar refractivity (Wildman–Crippen MR) is 54.1 cm³/mol. The van der Waals surface area contributed by atoms with E-state index in [1.165, 1.54) is 18.2 Å². The van der Waals surface area contributed by atoms with E-state index in [-0.39, 0.29) is 0 Å². The summed E-state index contributed by atoms with van der Waals surface area (Å²) >= 11 is 0. The highest BCUT2D eigenvalue weighted by Crippen LogP contribution is 2.10. The van der Waals surface area contributed by atoms with Gasteiger partial charge in [0, 0.05) is 6.08 Å². The number of rotatable bonds is 2. The molecular weight excluding hydrogens is 190 g/mol. The fraction of sp³-hybridized carbons (Fsp3) is 0. The molecule has 4 nitrogen and oxygen atoms in total. The third kappa shape index (κ3) is 2.98. The SMILES string of the molecule is N#Cc1cc(C#N)cc(C=CC(N)=O)c1. The van der Waals surface area contributed by atoms with E-state index in [1.807, 2.05) is 12.1 Å². The summed E-state index contributed by atoms with van der Waals surface area (Å²) < 4.78 is 0. The normalized spacial score (nSPS) is 9.47. The van der Waals surface area contributed by atoms with E-state index < -0.39 is 5.91 Å². The first kappa shape index (κ1) is 10.5. The molecule has 1 aromatic carbocycles. The molecule has 0 aliphatic carbocycles. The van der Waals surface area contributed by atoms with E-state index in [4.69, 9.17) is 16.3 Å². The summed E-state index contributed by atoms with van der Waals surface area (Å²) in [4.78, 5) is 10.5. The molecule has 0 saturated carbocycles. The Labute approximate surface area is 86.9 Å². The minimum absolute atomic E-state index is 0.373. The second-order valence-electron chi connectivity index (χ2n) is 2.80. The van der Waals surface area contributed by atoms with Crippen LogP contribution in [0.2, 0.25) is 0 Å². The zero-order valence-electron chi connectivity index (χ0n) is 7.77. The molecule has 15 heavy (non-hydrogen) atoms. The van der Waals surface area contributed by atoms with E-state index in [0.29, 0.717) is 16.7 Å². The first-order chi connectivity index (χ1) is 7.15. The molecule has 0 saturated heterocycles. The van der Waals surface area contributed by atoms with E-state index in [1.54, 1.807) is 12.1 Å². The molecule has 0 bridgehead atoms. The highest BCUT2D eigenvalue weighted by atomic mass is 16.1. The van der Waals surface area contributed by atoms with Gasteiger partial charge < -0.3 is 5.73 Å². The average Bonchev–Trinajstić information content (AvgIpc) is 2.25. The number of benzene rings is 1. The van der Waals surface area contributed by atoms with Gasteiger partial charge in [0.25, 0.3) is 0 Å². The van der Waals surface area contributed by atoms with Crippen LogP contribution >= 0.6 is 0 Å². The fourth-order valence-electron chi connectivity index (χ4n) is 1.06. The Morgan fingerprint density at radius 3 is 2.13 bits per heavy atom. The number of hydrogen-bond donors (Lipinski definition) is 1. The molecule has 0 heterocycles. The van der Waals surface area contributed by atoms with Gasteiger partial charge in [-0.1, -0.05) is 0 Å². The van der Waals surface area contributed by atoms with Gasteiger partial charge >= 0.3 is 0 Å². The minimum atomic E-state index is -0.573. The zero-order valence-corrected chi connectivity index (χ0v) is 7.77. The maximum absolute atomic E-state index is 10.5. The molecule has 1 amide bonds. The maximum Gasteiger partial charge on any atom is 0.241 e. The highest BCUT2D eigenvalue weighted by molar-refractivity contribution is 5.90. The molecular formula is C11H7N3O. The second kappa shape index (κ2) is 4.59. The Hall–Kier alpha value is -2.59. The Balaban J connectivity index is 3.15. The molecule has 72 valence electrons. The number of carbonyl (C=O) groups is 1. The number of primary amides is 1. The van der Waals surface area contributed by atoms with Gasteiger partial charge in [-0.2, -0.15) is 10.5 Å². The van der Waals surface area contributed by atoms with Crippen molar-refractivity contribution in [3.05, 3.63) is 41.0 Å². The van der Waals surface area contributed by atoms with Crippen molar-refractivity contribution in [2.24, 2.45) is 5.73 Å². The number of nitriles is 2. The van der Waals surface area contributed by atoms with Crippen molar-refractivity contribution in [1.29, 1.82) is 10.5 Å². The van der Waals surface area contributed by atoms with Crippen LogP contribution in [-0.4, -0.2) is 5.91 Å². The molecule has 2 N–H and O–H groups in total. The van der Waals surface area contributed by atoms with Crippen molar-refractivity contribution in [2.45, 2.75) is 0 Å². The molecule has 1 rings (SSSR count). The summed E-state index contributed by atoms with van der Waals surface area (Å²) in [6.45, 7) is 0. The van der Waals surface area contributed by atoms with E-state index >= 15 is 0 Å². The molecule has 0 aliphatic rings. The molecule has 0 aromatic heterocycles. The second-order valence-corrected chi connectivity index (χ2v) is 2.80. The molecule has 1 aromatic rings. The van der Waals surface area contributed by atoms with Crippen molar-refractivity contribution in [2.75, 3.05) is 0 Å². The van der Waals surface area contributed by atoms with E-state index in [0.717, 1.165) is 0 Å². The van der Waals surface area contributed by atoms with Gasteiger partial charge in [-0.25, -0.2) is 0 Å². The van der Waals surface area contributed by atoms with Gasteiger partial charge in [-0.3, -0.25) is 4.79 Å². The molecule has 0 radical (unpaired) electrons. The summed E-state index contributed by atoms with van der Waals surface area (Å²) in [5, 5.41) is 17.4. The van der Waals surface area contributed by atoms with Crippen LogP contribution in [0.15, 0.2) is 24.3 Å². The summed E-state index contributed by atoms with van der Waals surface area (Å²) in [6, 6.07) is 8.47.